The van der Waals surface area contributed by atoms with Gasteiger partial charge in [-0.25, -0.2) is 9.18 Å². The molecule has 43 heavy (non-hydrogen) atoms. The van der Waals surface area contributed by atoms with E-state index in [0.29, 0.717) is 18.7 Å². The highest BCUT2D eigenvalue weighted by molar-refractivity contribution is 5.92. The lowest BCUT2D eigenvalue weighted by Crippen LogP contribution is -3.10. The number of alkyl halides is 3. The van der Waals surface area contributed by atoms with Gasteiger partial charge in [-0.15, -0.1) is 0 Å². The highest BCUT2D eigenvalue weighted by Gasteiger charge is 2.41. The van der Waals surface area contributed by atoms with Crippen LogP contribution in [0.25, 0.3) is 11.0 Å². The Morgan fingerprint density at radius 3 is 2.19 bits per heavy atom. The van der Waals surface area contributed by atoms with Gasteiger partial charge < -0.3 is 18.8 Å². The third-order valence-corrected chi connectivity index (χ3v) is 7.23. The van der Waals surface area contributed by atoms with Crippen LogP contribution in [0.2, 0.25) is 0 Å². The van der Waals surface area contributed by atoms with E-state index in [4.69, 9.17) is 13.9 Å². The van der Waals surface area contributed by atoms with Crippen molar-refractivity contribution in [2.24, 2.45) is 0 Å². The third-order valence-electron chi connectivity index (χ3n) is 7.23. The molecule has 228 valence electrons. The molecular formula is C33H34F4NO5+. The molecule has 4 rings (SSSR count). The van der Waals surface area contributed by atoms with Crippen LogP contribution in [0.15, 0.2) is 57.7 Å². The van der Waals surface area contributed by atoms with Gasteiger partial charge in [-0.2, -0.15) is 13.2 Å². The molecule has 0 fully saturated rings. The summed E-state index contributed by atoms with van der Waals surface area (Å²) >= 11 is 0. The maximum atomic E-state index is 14.5. The minimum absolute atomic E-state index is 0.0452. The van der Waals surface area contributed by atoms with Crippen LogP contribution < -0.4 is 19.8 Å². The zero-order valence-corrected chi connectivity index (χ0v) is 24.7. The molecule has 0 aliphatic carbocycles. The van der Waals surface area contributed by atoms with E-state index in [2.05, 4.69) is 0 Å². The smallest absolute Gasteiger partial charge is 0.449 e. The van der Waals surface area contributed by atoms with Gasteiger partial charge in [0.05, 0.1) is 29.6 Å². The summed E-state index contributed by atoms with van der Waals surface area (Å²) in [7, 11) is 0. The lowest BCUT2D eigenvalue weighted by Gasteiger charge is -2.21. The largest absolute Gasteiger partial charge is 0.453 e. The maximum Gasteiger partial charge on any atom is 0.453 e. The number of hydrogen-bond acceptors (Lipinski definition) is 5. The molecule has 0 radical (unpaired) electrons. The lowest BCUT2D eigenvalue weighted by atomic mass is 10.1. The maximum absolute atomic E-state index is 14.5. The Morgan fingerprint density at radius 2 is 1.58 bits per heavy atom. The second-order valence-electron chi connectivity index (χ2n) is 10.6. The van der Waals surface area contributed by atoms with E-state index in [1.54, 1.807) is 26.8 Å². The first-order valence-electron chi connectivity index (χ1n) is 14.1. The molecule has 0 atom stereocenters. The summed E-state index contributed by atoms with van der Waals surface area (Å²) in [6.45, 7) is 10.7. The molecule has 4 aromatic rings. The second kappa shape index (κ2) is 13.0. The van der Waals surface area contributed by atoms with E-state index in [0.717, 1.165) is 41.0 Å². The SMILES string of the molecule is CCC[NH+](CCC)Cc1c(OC(=O)c2ccc(F)cc2)ccc2c(=O)c(Oc3cc(C)cc(C)c3C)c(C(F)(F)F)oc12. The molecular weight excluding hydrogens is 566 g/mol. The molecule has 0 spiro atoms. The van der Waals surface area contributed by atoms with Crippen LogP contribution in [0.3, 0.4) is 0 Å². The minimum Gasteiger partial charge on any atom is -0.449 e. The molecule has 0 saturated carbocycles. The van der Waals surface area contributed by atoms with Crippen molar-refractivity contribution in [3.63, 3.8) is 0 Å². The average molecular weight is 601 g/mol. The van der Waals surface area contributed by atoms with Crippen LogP contribution in [0, 0.1) is 26.6 Å². The first-order chi connectivity index (χ1) is 20.3. The lowest BCUT2D eigenvalue weighted by molar-refractivity contribution is -0.913. The summed E-state index contributed by atoms with van der Waals surface area (Å²) in [5, 5.41) is -0.144. The molecule has 0 bridgehead atoms. The zero-order chi connectivity index (χ0) is 31.5. The van der Waals surface area contributed by atoms with Crippen molar-refractivity contribution in [3.05, 3.63) is 98.1 Å². The van der Waals surface area contributed by atoms with Gasteiger partial charge in [0.25, 0.3) is 5.76 Å². The first kappa shape index (κ1) is 31.7. The topological polar surface area (TPSA) is 70.2 Å². The predicted octanol–water partition coefficient (Wildman–Crippen LogP) is 7.09. The highest BCUT2D eigenvalue weighted by Crippen LogP contribution is 2.41. The van der Waals surface area contributed by atoms with Gasteiger partial charge >= 0.3 is 12.1 Å². The molecule has 0 aliphatic heterocycles. The quantitative estimate of drug-likeness (QED) is 0.120. The van der Waals surface area contributed by atoms with Crippen molar-refractivity contribution in [2.45, 2.75) is 60.2 Å². The number of esters is 1. The zero-order valence-electron chi connectivity index (χ0n) is 24.7. The monoisotopic (exact) mass is 600 g/mol. The number of fused-ring (bicyclic) bond motifs is 1. The summed E-state index contributed by atoms with van der Waals surface area (Å²) in [5.74, 6) is -3.88. The number of nitrogens with one attached hydrogen (secondary N) is 1. The molecule has 1 heterocycles. The van der Waals surface area contributed by atoms with Crippen LogP contribution >= 0.6 is 0 Å². The Balaban J connectivity index is 1.94. The number of ether oxygens (including phenoxy) is 2. The van der Waals surface area contributed by atoms with E-state index in [-0.39, 0.29) is 40.1 Å². The predicted molar refractivity (Wildman–Crippen MR) is 155 cm³/mol. The number of quaternary nitrogens is 1. The van der Waals surface area contributed by atoms with Gasteiger partial charge in [0.2, 0.25) is 11.2 Å². The molecule has 3 aromatic carbocycles. The molecule has 10 heteroatoms. The number of hydrogen-bond donors (Lipinski definition) is 1. The summed E-state index contributed by atoms with van der Waals surface area (Å²) in [6, 6.07) is 10.7. The molecule has 1 N–H and O–H groups in total. The van der Waals surface area contributed by atoms with Crippen LogP contribution in [0.4, 0.5) is 17.6 Å². The van der Waals surface area contributed by atoms with Crippen molar-refractivity contribution in [3.8, 4) is 17.2 Å². The normalized spacial score (nSPS) is 11.8. The molecule has 6 nitrogen and oxygen atoms in total. The van der Waals surface area contributed by atoms with Crippen molar-refractivity contribution in [1.29, 1.82) is 0 Å². The van der Waals surface area contributed by atoms with Crippen LogP contribution in [-0.4, -0.2) is 19.1 Å². The van der Waals surface area contributed by atoms with Gasteiger partial charge in [0, 0.05) is 0 Å². The van der Waals surface area contributed by atoms with Gasteiger partial charge in [-0.1, -0.05) is 19.9 Å². The number of halogens is 4. The average Bonchev–Trinajstić information content (AvgIpc) is 2.93. The van der Waals surface area contributed by atoms with E-state index < -0.39 is 34.9 Å². The highest BCUT2D eigenvalue weighted by atomic mass is 19.4. The number of benzene rings is 3. The summed E-state index contributed by atoms with van der Waals surface area (Å²) in [5.41, 5.74) is 0.971. The standard InChI is InChI=1S/C33H33F4NO5/c1-6-14-38(15-7-2)18-25-26(42-32(40)22-8-10-23(34)11-9-22)13-12-24-28(39)30(31(33(35,36)37)43-29(24)25)41-27-17-19(3)16-20(4)21(27)5/h8-13,16-17H,6-7,14-15,18H2,1-5H3/p+1. The molecule has 0 aliphatic rings. The summed E-state index contributed by atoms with van der Waals surface area (Å²) < 4.78 is 73.7. The van der Waals surface area contributed by atoms with Gasteiger partial charge in [0.1, 0.15) is 23.9 Å². The number of rotatable bonds is 10. The van der Waals surface area contributed by atoms with Crippen molar-refractivity contribution < 1.29 is 41.1 Å². The summed E-state index contributed by atoms with van der Waals surface area (Å²) in [6.07, 6.45) is -3.50. The van der Waals surface area contributed by atoms with E-state index in [9.17, 15) is 27.2 Å². The van der Waals surface area contributed by atoms with Crippen molar-refractivity contribution in [1.82, 2.24) is 0 Å². The van der Waals surface area contributed by atoms with Crippen molar-refractivity contribution >= 4 is 16.9 Å². The minimum atomic E-state index is -5.08. The fourth-order valence-corrected chi connectivity index (χ4v) is 5.04. The Morgan fingerprint density at radius 1 is 0.930 bits per heavy atom. The second-order valence-corrected chi connectivity index (χ2v) is 10.6. The Bertz CT molecular complexity index is 1690. The van der Waals surface area contributed by atoms with Gasteiger partial charge in [-0.3, -0.25) is 4.79 Å². The number of aryl methyl sites for hydroxylation is 2. The summed E-state index contributed by atoms with van der Waals surface area (Å²) in [4.78, 5) is 27.7. The molecule has 0 amide bonds. The van der Waals surface area contributed by atoms with E-state index in [1.165, 1.54) is 24.3 Å². The molecule has 0 unspecified atom stereocenters. The van der Waals surface area contributed by atoms with Crippen LogP contribution in [0.5, 0.6) is 17.2 Å². The number of carbonyl (C=O) groups excluding carboxylic acids is 1. The first-order valence-corrected chi connectivity index (χ1v) is 14.1. The van der Waals surface area contributed by atoms with Crippen LogP contribution in [-0.2, 0) is 12.7 Å². The van der Waals surface area contributed by atoms with Crippen LogP contribution in [0.1, 0.15) is 65.1 Å². The fourth-order valence-electron chi connectivity index (χ4n) is 5.04. The Hall–Kier alpha value is -4.18. The Kier molecular flexibility index (Phi) is 9.59. The third kappa shape index (κ3) is 7.07. The van der Waals surface area contributed by atoms with Gasteiger partial charge in [0.15, 0.2) is 5.58 Å². The fraction of sp³-hybridized carbons (Fsp3) is 0.333. The van der Waals surface area contributed by atoms with E-state index in [1.807, 2.05) is 19.9 Å². The molecule has 1 aromatic heterocycles. The van der Waals surface area contributed by atoms with Crippen molar-refractivity contribution in [2.75, 3.05) is 13.1 Å². The molecule has 0 saturated heterocycles. The Labute approximate surface area is 246 Å². The van der Waals surface area contributed by atoms with E-state index >= 15 is 0 Å². The number of carbonyl (C=O) groups is 1. The van der Waals surface area contributed by atoms with Gasteiger partial charge in [-0.05, 0) is 92.8 Å².